The van der Waals surface area contributed by atoms with E-state index < -0.39 is 0 Å². The first kappa shape index (κ1) is 17.0. The third-order valence-electron chi connectivity index (χ3n) is 4.52. The van der Waals surface area contributed by atoms with E-state index in [0.29, 0.717) is 28.2 Å². The van der Waals surface area contributed by atoms with Gasteiger partial charge in [0.25, 0.3) is 5.56 Å². The Morgan fingerprint density at radius 3 is 2.28 bits per heavy atom. The summed E-state index contributed by atoms with van der Waals surface area (Å²) in [6.45, 7) is 6.31. The van der Waals surface area contributed by atoms with E-state index in [0.717, 1.165) is 12.0 Å². The summed E-state index contributed by atoms with van der Waals surface area (Å²) in [5, 5.41) is 0.422. The fourth-order valence-corrected chi connectivity index (χ4v) is 3.31. The van der Waals surface area contributed by atoms with Crippen LogP contribution in [-0.2, 0) is 6.42 Å². The van der Waals surface area contributed by atoms with Gasteiger partial charge in [-0.25, -0.2) is 4.98 Å². The van der Waals surface area contributed by atoms with Crippen LogP contribution in [0.4, 0.5) is 0 Å². The van der Waals surface area contributed by atoms with Crippen molar-refractivity contribution in [3.63, 3.8) is 0 Å². The summed E-state index contributed by atoms with van der Waals surface area (Å²) in [6, 6.07) is 7.56. The number of aromatic nitrogens is 2. The number of hydrogen-bond donors (Lipinski definition) is 1. The van der Waals surface area contributed by atoms with Gasteiger partial charge in [-0.3, -0.25) is 4.79 Å². The van der Waals surface area contributed by atoms with Crippen molar-refractivity contribution in [2.45, 2.75) is 27.2 Å². The standard InChI is InChI=1S/C20H22N2O3/c1-6-15-11(2)7-13(8-12(15)3)19-21-16-9-14(24-4)10-17(25-5)18(16)20(23)22-19/h7-10H,6H2,1-5H3,(H,21,22,23). The van der Waals surface area contributed by atoms with Crippen molar-refractivity contribution in [2.75, 3.05) is 14.2 Å². The Kier molecular flexibility index (Phi) is 4.49. The molecule has 25 heavy (non-hydrogen) atoms. The molecule has 0 amide bonds. The van der Waals surface area contributed by atoms with Crippen LogP contribution in [0.3, 0.4) is 0 Å². The zero-order valence-corrected chi connectivity index (χ0v) is 15.2. The number of nitrogens with one attached hydrogen (secondary N) is 1. The van der Waals surface area contributed by atoms with Crippen LogP contribution in [0, 0.1) is 13.8 Å². The average molecular weight is 338 g/mol. The molecule has 0 bridgehead atoms. The first-order valence-corrected chi connectivity index (χ1v) is 8.25. The third-order valence-corrected chi connectivity index (χ3v) is 4.52. The SMILES string of the molecule is CCc1c(C)cc(-c2nc3cc(OC)cc(OC)c3c(=O)[nH]2)cc1C. The molecule has 0 saturated heterocycles. The molecule has 130 valence electrons. The van der Waals surface area contributed by atoms with Crippen LogP contribution < -0.4 is 15.0 Å². The lowest BCUT2D eigenvalue weighted by molar-refractivity contribution is 0.397. The second-order valence-electron chi connectivity index (χ2n) is 6.08. The second-order valence-corrected chi connectivity index (χ2v) is 6.08. The second kappa shape index (κ2) is 6.59. The number of ether oxygens (including phenoxy) is 2. The largest absolute Gasteiger partial charge is 0.497 e. The Morgan fingerprint density at radius 1 is 1.04 bits per heavy atom. The van der Waals surface area contributed by atoms with Crippen molar-refractivity contribution in [3.05, 3.63) is 51.3 Å². The lowest BCUT2D eigenvalue weighted by Gasteiger charge is -2.12. The van der Waals surface area contributed by atoms with E-state index in [1.807, 2.05) is 0 Å². The fraction of sp³-hybridized carbons (Fsp3) is 0.300. The van der Waals surface area contributed by atoms with Crippen molar-refractivity contribution >= 4 is 10.9 Å². The Balaban J connectivity index is 2.27. The average Bonchev–Trinajstić information content (AvgIpc) is 2.60. The van der Waals surface area contributed by atoms with Gasteiger partial charge in [0.05, 0.1) is 19.7 Å². The molecule has 3 aromatic rings. The number of rotatable bonds is 4. The normalized spacial score (nSPS) is 10.9. The highest BCUT2D eigenvalue weighted by Gasteiger charge is 2.14. The van der Waals surface area contributed by atoms with E-state index in [-0.39, 0.29) is 5.56 Å². The summed E-state index contributed by atoms with van der Waals surface area (Å²) in [5.41, 5.74) is 4.94. The molecule has 5 heteroatoms. The van der Waals surface area contributed by atoms with Crippen molar-refractivity contribution in [3.8, 4) is 22.9 Å². The molecule has 0 atom stereocenters. The van der Waals surface area contributed by atoms with Gasteiger partial charge in [-0.1, -0.05) is 6.92 Å². The molecular weight excluding hydrogens is 316 g/mol. The van der Waals surface area contributed by atoms with Crippen molar-refractivity contribution < 1.29 is 9.47 Å². The van der Waals surface area contributed by atoms with Gasteiger partial charge in [0.15, 0.2) is 0 Å². The van der Waals surface area contributed by atoms with E-state index in [2.05, 4.69) is 42.9 Å². The number of aryl methyl sites for hydroxylation is 2. The third kappa shape index (κ3) is 2.97. The Morgan fingerprint density at radius 2 is 1.72 bits per heavy atom. The van der Waals surface area contributed by atoms with E-state index >= 15 is 0 Å². The summed E-state index contributed by atoms with van der Waals surface area (Å²) in [4.78, 5) is 20.2. The van der Waals surface area contributed by atoms with Gasteiger partial charge < -0.3 is 14.5 Å². The highest BCUT2D eigenvalue weighted by molar-refractivity contribution is 5.87. The monoisotopic (exact) mass is 338 g/mol. The lowest BCUT2D eigenvalue weighted by Crippen LogP contribution is -2.11. The zero-order chi connectivity index (χ0) is 18.1. The maximum atomic E-state index is 12.6. The van der Waals surface area contributed by atoms with Crippen LogP contribution in [0.25, 0.3) is 22.3 Å². The molecule has 0 saturated carbocycles. The van der Waals surface area contributed by atoms with E-state index in [9.17, 15) is 4.79 Å². The van der Waals surface area contributed by atoms with E-state index in [1.54, 1.807) is 19.2 Å². The molecule has 0 unspecified atom stereocenters. The Bertz CT molecular complexity index is 983. The molecule has 0 aliphatic heterocycles. The molecule has 0 aliphatic rings. The van der Waals surface area contributed by atoms with Gasteiger partial charge in [-0.15, -0.1) is 0 Å². The molecule has 0 spiro atoms. The quantitative estimate of drug-likeness (QED) is 0.786. The number of methoxy groups -OCH3 is 2. The topological polar surface area (TPSA) is 64.2 Å². The van der Waals surface area contributed by atoms with Gasteiger partial charge >= 0.3 is 0 Å². The minimum atomic E-state index is -0.227. The number of nitrogens with zero attached hydrogens (tertiary/aromatic N) is 1. The number of H-pyrrole nitrogens is 1. The number of benzene rings is 2. The van der Waals surface area contributed by atoms with Crippen LogP contribution in [0.1, 0.15) is 23.6 Å². The number of aromatic amines is 1. The van der Waals surface area contributed by atoms with E-state index in [4.69, 9.17) is 9.47 Å². The summed E-state index contributed by atoms with van der Waals surface area (Å²) in [5.74, 6) is 1.59. The molecule has 1 N–H and O–H groups in total. The van der Waals surface area contributed by atoms with Gasteiger partial charge in [0.2, 0.25) is 0 Å². The Labute approximate surface area is 146 Å². The molecule has 5 nitrogen and oxygen atoms in total. The smallest absolute Gasteiger partial charge is 0.262 e. The fourth-order valence-electron chi connectivity index (χ4n) is 3.31. The van der Waals surface area contributed by atoms with Crippen LogP contribution >= 0.6 is 0 Å². The molecule has 2 aromatic carbocycles. The molecule has 1 aromatic heterocycles. The lowest BCUT2D eigenvalue weighted by atomic mass is 9.97. The zero-order valence-electron chi connectivity index (χ0n) is 15.2. The van der Waals surface area contributed by atoms with Crippen molar-refractivity contribution in [1.82, 2.24) is 9.97 Å². The molecule has 0 fully saturated rings. The number of hydrogen-bond acceptors (Lipinski definition) is 4. The first-order chi connectivity index (χ1) is 12.0. The summed E-state index contributed by atoms with van der Waals surface area (Å²) >= 11 is 0. The molecule has 3 rings (SSSR count). The Hall–Kier alpha value is -2.82. The molecule has 0 aliphatic carbocycles. The van der Waals surface area contributed by atoms with Gasteiger partial charge in [-0.2, -0.15) is 0 Å². The highest BCUT2D eigenvalue weighted by Crippen LogP contribution is 2.29. The van der Waals surface area contributed by atoms with Crippen molar-refractivity contribution in [1.29, 1.82) is 0 Å². The van der Waals surface area contributed by atoms with Gasteiger partial charge in [0.1, 0.15) is 22.7 Å². The van der Waals surface area contributed by atoms with Gasteiger partial charge in [0, 0.05) is 17.7 Å². The maximum absolute atomic E-state index is 12.6. The van der Waals surface area contributed by atoms with Crippen LogP contribution in [0.5, 0.6) is 11.5 Å². The first-order valence-electron chi connectivity index (χ1n) is 8.25. The predicted octanol–water partition coefficient (Wildman–Crippen LogP) is 3.79. The highest BCUT2D eigenvalue weighted by atomic mass is 16.5. The van der Waals surface area contributed by atoms with Crippen molar-refractivity contribution in [2.24, 2.45) is 0 Å². The van der Waals surface area contributed by atoms with Crippen LogP contribution in [0.2, 0.25) is 0 Å². The van der Waals surface area contributed by atoms with Crippen LogP contribution in [-0.4, -0.2) is 24.2 Å². The van der Waals surface area contributed by atoms with Gasteiger partial charge in [-0.05, 0) is 49.1 Å². The summed E-state index contributed by atoms with van der Waals surface area (Å²) < 4.78 is 10.6. The minimum Gasteiger partial charge on any atom is -0.497 e. The van der Waals surface area contributed by atoms with Crippen LogP contribution in [0.15, 0.2) is 29.1 Å². The molecular formula is C20H22N2O3. The molecule has 0 radical (unpaired) electrons. The minimum absolute atomic E-state index is 0.227. The maximum Gasteiger partial charge on any atom is 0.262 e. The van der Waals surface area contributed by atoms with E-state index in [1.165, 1.54) is 23.8 Å². The molecule has 1 heterocycles. The predicted molar refractivity (Wildman–Crippen MR) is 99.8 cm³/mol. The number of fused-ring (bicyclic) bond motifs is 1. The summed E-state index contributed by atoms with van der Waals surface area (Å²) in [7, 11) is 3.10. The summed E-state index contributed by atoms with van der Waals surface area (Å²) in [6.07, 6.45) is 0.980.